The summed E-state index contributed by atoms with van der Waals surface area (Å²) in [6.45, 7) is 3.88. The molecule has 2 unspecified atom stereocenters. The first kappa shape index (κ1) is 12.7. The maximum Gasteiger partial charge on any atom is 0.390 e. The quantitative estimate of drug-likeness (QED) is 0.802. The van der Waals surface area contributed by atoms with Crippen molar-refractivity contribution in [1.82, 2.24) is 5.32 Å². The molecule has 2 nitrogen and oxygen atoms in total. The van der Waals surface area contributed by atoms with Gasteiger partial charge in [0.05, 0.1) is 13.0 Å². The molecule has 15 heavy (non-hydrogen) atoms. The predicted octanol–water partition coefficient (Wildman–Crippen LogP) is 2.80. The maximum absolute atomic E-state index is 11.9. The van der Waals surface area contributed by atoms with Crippen molar-refractivity contribution < 1.29 is 13.2 Å². The van der Waals surface area contributed by atoms with Gasteiger partial charge in [0.15, 0.2) is 5.17 Å². The van der Waals surface area contributed by atoms with E-state index in [1.165, 1.54) is 11.8 Å². The van der Waals surface area contributed by atoms with Gasteiger partial charge in [0.1, 0.15) is 0 Å². The molecule has 1 fully saturated rings. The Hall–Kier alpha value is -0.390. The Morgan fingerprint density at radius 1 is 1.47 bits per heavy atom. The highest BCUT2D eigenvalue weighted by Crippen LogP contribution is 2.23. The van der Waals surface area contributed by atoms with Gasteiger partial charge in [-0.05, 0) is 13.3 Å². The van der Waals surface area contributed by atoms with Gasteiger partial charge in [-0.3, -0.25) is 4.99 Å². The van der Waals surface area contributed by atoms with Gasteiger partial charge >= 0.3 is 6.18 Å². The van der Waals surface area contributed by atoms with Gasteiger partial charge in [0.25, 0.3) is 0 Å². The fraction of sp³-hybridized carbons (Fsp3) is 0.889. The van der Waals surface area contributed by atoms with Crippen LogP contribution in [0.2, 0.25) is 0 Å². The highest BCUT2D eigenvalue weighted by atomic mass is 32.2. The number of hydrogen-bond donors (Lipinski definition) is 1. The molecule has 0 radical (unpaired) electrons. The average molecular weight is 240 g/mol. The van der Waals surface area contributed by atoms with Crippen LogP contribution in [0.15, 0.2) is 4.99 Å². The van der Waals surface area contributed by atoms with E-state index in [2.05, 4.69) is 17.2 Å². The van der Waals surface area contributed by atoms with Crippen molar-refractivity contribution in [2.45, 2.75) is 44.2 Å². The number of rotatable bonds is 2. The van der Waals surface area contributed by atoms with Crippen LogP contribution in [0.3, 0.4) is 0 Å². The Balaban J connectivity index is 2.38. The molecule has 1 rings (SSSR count). The Kier molecular flexibility index (Phi) is 4.31. The van der Waals surface area contributed by atoms with Gasteiger partial charge in [0, 0.05) is 11.3 Å². The SMILES string of the molecule is CC1CC(C)SC(=NCCC(F)(F)F)N1. The second-order valence-electron chi connectivity index (χ2n) is 3.76. The van der Waals surface area contributed by atoms with E-state index in [4.69, 9.17) is 0 Å². The number of nitrogens with one attached hydrogen (secondary N) is 1. The molecule has 0 spiro atoms. The Bertz CT molecular complexity index is 228. The van der Waals surface area contributed by atoms with E-state index in [0.717, 1.165) is 6.42 Å². The molecule has 0 saturated carbocycles. The van der Waals surface area contributed by atoms with Crippen LogP contribution in [0.4, 0.5) is 13.2 Å². The summed E-state index contributed by atoms with van der Waals surface area (Å²) in [6.07, 6.45) is -3.94. The largest absolute Gasteiger partial charge is 0.390 e. The van der Waals surface area contributed by atoms with Crippen molar-refractivity contribution >= 4 is 16.9 Å². The van der Waals surface area contributed by atoms with E-state index in [9.17, 15) is 13.2 Å². The molecule has 0 amide bonds. The molecule has 0 bridgehead atoms. The number of aliphatic imine (C=N–C) groups is 1. The van der Waals surface area contributed by atoms with E-state index in [-0.39, 0.29) is 6.54 Å². The zero-order valence-electron chi connectivity index (χ0n) is 8.77. The lowest BCUT2D eigenvalue weighted by Gasteiger charge is -2.26. The summed E-state index contributed by atoms with van der Waals surface area (Å²) in [5.41, 5.74) is 0. The molecular formula is C9H15F3N2S. The Labute approximate surface area is 91.7 Å². The van der Waals surface area contributed by atoms with Gasteiger partial charge < -0.3 is 5.32 Å². The highest BCUT2D eigenvalue weighted by Gasteiger charge is 2.26. The highest BCUT2D eigenvalue weighted by molar-refractivity contribution is 8.14. The summed E-state index contributed by atoms with van der Waals surface area (Å²) in [4.78, 5) is 3.92. The first-order chi connectivity index (χ1) is 6.87. The van der Waals surface area contributed by atoms with E-state index >= 15 is 0 Å². The van der Waals surface area contributed by atoms with Gasteiger partial charge in [0.2, 0.25) is 0 Å². The number of hydrogen-bond acceptors (Lipinski definition) is 2. The number of thioether (sulfide) groups is 1. The van der Waals surface area contributed by atoms with Crippen molar-refractivity contribution in [2.75, 3.05) is 6.54 Å². The summed E-state index contributed by atoms with van der Waals surface area (Å²) >= 11 is 1.51. The predicted molar refractivity (Wildman–Crippen MR) is 57.2 cm³/mol. The van der Waals surface area contributed by atoms with Crippen LogP contribution >= 0.6 is 11.8 Å². The molecule has 2 atom stereocenters. The van der Waals surface area contributed by atoms with E-state index in [0.29, 0.717) is 16.5 Å². The first-order valence-corrected chi connectivity index (χ1v) is 5.79. The zero-order chi connectivity index (χ0) is 11.5. The second-order valence-corrected chi connectivity index (χ2v) is 5.19. The van der Waals surface area contributed by atoms with Crippen molar-refractivity contribution in [2.24, 2.45) is 4.99 Å². The molecule has 1 N–H and O–H groups in total. The molecule has 88 valence electrons. The number of alkyl halides is 3. The molecule has 6 heteroatoms. The molecule has 0 aromatic rings. The lowest BCUT2D eigenvalue weighted by Crippen LogP contribution is -2.38. The van der Waals surface area contributed by atoms with Crippen LogP contribution in [0.1, 0.15) is 26.7 Å². The van der Waals surface area contributed by atoms with Crippen LogP contribution in [0, 0.1) is 0 Å². The minimum Gasteiger partial charge on any atom is -0.362 e. The molecular weight excluding hydrogens is 225 g/mol. The average Bonchev–Trinajstić information content (AvgIpc) is 1.99. The lowest BCUT2D eigenvalue weighted by atomic mass is 10.2. The summed E-state index contributed by atoms with van der Waals surface area (Å²) in [6, 6.07) is 0.297. The van der Waals surface area contributed by atoms with E-state index in [1.54, 1.807) is 0 Å². The summed E-state index contributed by atoms with van der Waals surface area (Å²) in [5, 5.41) is 4.14. The van der Waals surface area contributed by atoms with Crippen LogP contribution in [-0.2, 0) is 0 Å². The van der Waals surface area contributed by atoms with Crippen molar-refractivity contribution in [3.8, 4) is 0 Å². The number of nitrogens with zero attached hydrogens (tertiary/aromatic N) is 1. The van der Waals surface area contributed by atoms with Crippen molar-refractivity contribution in [1.29, 1.82) is 0 Å². The molecule has 0 aromatic carbocycles. The summed E-state index contributed by atoms with van der Waals surface area (Å²) in [5.74, 6) is 0. The standard InChI is InChI=1S/C9H15F3N2S/c1-6-5-7(2)15-8(14-6)13-4-3-9(10,11)12/h6-7H,3-5H2,1-2H3,(H,13,14). The molecule has 0 aromatic heterocycles. The summed E-state index contributed by atoms with van der Waals surface area (Å²) < 4.78 is 35.6. The maximum atomic E-state index is 11.9. The molecule has 1 saturated heterocycles. The third kappa shape index (κ3) is 5.30. The van der Waals surface area contributed by atoms with Gasteiger partial charge in [-0.2, -0.15) is 13.2 Å². The molecule has 0 aliphatic carbocycles. The second kappa shape index (κ2) is 5.09. The van der Waals surface area contributed by atoms with Gasteiger partial charge in [-0.25, -0.2) is 0 Å². The van der Waals surface area contributed by atoms with Crippen molar-refractivity contribution in [3.05, 3.63) is 0 Å². The lowest BCUT2D eigenvalue weighted by molar-refractivity contribution is -0.132. The van der Waals surface area contributed by atoms with Crippen molar-refractivity contribution in [3.63, 3.8) is 0 Å². The zero-order valence-corrected chi connectivity index (χ0v) is 9.58. The normalized spacial score (nSPS) is 30.3. The Morgan fingerprint density at radius 2 is 2.13 bits per heavy atom. The third-order valence-electron chi connectivity index (χ3n) is 2.02. The fourth-order valence-electron chi connectivity index (χ4n) is 1.41. The van der Waals surface area contributed by atoms with Gasteiger partial charge in [-0.15, -0.1) is 0 Å². The van der Waals surface area contributed by atoms with Crippen LogP contribution in [-0.4, -0.2) is 29.2 Å². The van der Waals surface area contributed by atoms with Crippen LogP contribution in [0.25, 0.3) is 0 Å². The number of halogens is 3. The van der Waals surface area contributed by atoms with Gasteiger partial charge in [-0.1, -0.05) is 18.7 Å². The van der Waals surface area contributed by atoms with E-state index in [1.807, 2.05) is 6.92 Å². The molecule has 1 aliphatic heterocycles. The number of amidine groups is 1. The van der Waals surface area contributed by atoms with Crippen LogP contribution in [0.5, 0.6) is 0 Å². The minimum absolute atomic E-state index is 0.182. The first-order valence-electron chi connectivity index (χ1n) is 4.91. The smallest absolute Gasteiger partial charge is 0.362 e. The Morgan fingerprint density at radius 3 is 2.67 bits per heavy atom. The van der Waals surface area contributed by atoms with Crippen LogP contribution < -0.4 is 5.32 Å². The van der Waals surface area contributed by atoms with E-state index < -0.39 is 12.6 Å². The monoisotopic (exact) mass is 240 g/mol. The summed E-state index contributed by atoms with van der Waals surface area (Å²) in [7, 11) is 0. The molecule has 1 heterocycles. The third-order valence-corrected chi connectivity index (χ3v) is 3.08. The minimum atomic E-state index is -4.11. The fourth-order valence-corrected chi connectivity index (χ4v) is 2.61. The molecule has 1 aliphatic rings. The topological polar surface area (TPSA) is 24.4 Å².